The van der Waals surface area contributed by atoms with Crippen molar-refractivity contribution >= 4 is 43.1 Å². The van der Waals surface area contributed by atoms with Gasteiger partial charge < -0.3 is 0 Å². The van der Waals surface area contributed by atoms with Gasteiger partial charge in [0.15, 0.2) is 0 Å². The van der Waals surface area contributed by atoms with Crippen molar-refractivity contribution in [1.82, 2.24) is 0 Å². The van der Waals surface area contributed by atoms with Crippen LogP contribution in [0.4, 0.5) is 26.3 Å². The Bertz CT molecular complexity index is 2370. The van der Waals surface area contributed by atoms with E-state index in [1.165, 1.54) is 24.3 Å². The van der Waals surface area contributed by atoms with Crippen LogP contribution in [0.2, 0.25) is 0 Å². The first-order valence-electron chi connectivity index (χ1n) is 13.8. The summed E-state index contributed by atoms with van der Waals surface area (Å²) in [7, 11) is 0. The van der Waals surface area contributed by atoms with Crippen molar-refractivity contribution < 1.29 is 26.3 Å². The van der Waals surface area contributed by atoms with Crippen LogP contribution >= 0.6 is 0 Å². The highest BCUT2D eigenvalue weighted by molar-refractivity contribution is 6.34. The fraction of sp³-hybridized carbons (Fsp3) is 0.0556. The summed E-state index contributed by atoms with van der Waals surface area (Å²) in [4.78, 5) is 8.36. The van der Waals surface area contributed by atoms with E-state index < -0.39 is 23.5 Å². The summed E-state index contributed by atoms with van der Waals surface area (Å²) < 4.78 is 81.6. The van der Waals surface area contributed by atoms with E-state index in [2.05, 4.69) is 9.98 Å². The van der Waals surface area contributed by atoms with Gasteiger partial charge in [-0.2, -0.15) is 46.9 Å². The summed E-state index contributed by atoms with van der Waals surface area (Å²) in [5, 5.41) is 24.4. The standard InChI is InChI=1S/C36H16F6N4/c37-35(38,39)21-13-9-19(10-14-21)27-29-23-5-1-3-7-25(23)33(45-17-43)31(29)28(20-11-15-22(16-12-20)36(40,41)42)30-24-6-2-4-8-26(24)34(32(27)30)46-18-44/h1-16H. The van der Waals surface area contributed by atoms with Gasteiger partial charge in [0.05, 0.1) is 21.8 Å². The average Bonchev–Trinajstić information content (AvgIpc) is 3.53. The zero-order valence-electron chi connectivity index (χ0n) is 23.3. The van der Waals surface area contributed by atoms with Crippen molar-refractivity contribution in [2.45, 2.75) is 12.4 Å². The van der Waals surface area contributed by atoms with Gasteiger partial charge in [-0.05, 0) is 46.2 Å². The Morgan fingerprint density at radius 2 is 0.761 bits per heavy atom. The van der Waals surface area contributed by atoms with E-state index in [0.29, 0.717) is 65.3 Å². The van der Waals surface area contributed by atoms with Crippen molar-refractivity contribution in [2.24, 2.45) is 9.98 Å². The second kappa shape index (κ2) is 10.3. The van der Waals surface area contributed by atoms with E-state index in [-0.39, 0.29) is 10.7 Å². The van der Waals surface area contributed by atoms with Crippen LogP contribution in [0.25, 0.3) is 65.3 Å². The Labute approximate surface area is 255 Å². The van der Waals surface area contributed by atoms with E-state index in [0.717, 1.165) is 24.3 Å². The third-order valence-electron chi connectivity index (χ3n) is 8.20. The van der Waals surface area contributed by atoms with Gasteiger partial charge in [0, 0.05) is 43.4 Å². The Balaban J connectivity index is 1.82. The zero-order valence-corrected chi connectivity index (χ0v) is 23.3. The van der Waals surface area contributed by atoms with Crippen LogP contribution in [0.15, 0.2) is 107 Å². The Morgan fingerprint density at radius 1 is 0.435 bits per heavy atom. The Hall–Kier alpha value is -6.00. The van der Waals surface area contributed by atoms with Crippen molar-refractivity contribution in [3.8, 4) is 34.6 Å². The maximum atomic E-state index is 13.6. The molecule has 0 bridgehead atoms. The molecule has 0 atom stereocenters. The molecule has 0 aliphatic rings. The van der Waals surface area contributed by atoms with Crippen LogP contribution in [0.1, 0.15) is 11.1 Å². The van der Waals surface area contributed by atoms with E-state index in [1.54, 1.807) is 48.5 Å². The first-order chi connectivity index (χ1) is 22.0. The number of fused-ring (bicyclic) bond motifs is 6. The summed E-state index contributed by atoms with van der Waals surface area (Å²) in [5.74, 6) is 0. The molecule has 10 heteroatoms. The van der Waals surface area contributed by atoms with Crippen molar-refractivity contribution in [2.75, 3.05) is 0 Å². The summed E-state index contributed by atoms with van der Waals surface area (Å²) in [6.07, 6.45) is -5.48. The smallest absolute Gasteiger partial charge is 0.172 e. The zero-order chi connectivity index (χ0) is 32.4. The highest BCUT2D eigenvalue weighted by atomic mass is 19.4. The van der Waals surface area contributed by atoms with Crippen LogP contribution in [-0.2, 0) is 12.4 Å². The minimum Gasteiger partial charge on any atom is -0.172 e. The van der Waals surface area contributed by atoms with Gasteiger partial charge in [0.1, 0.15) is 0 Å². The van der Waals surface area contributed by atoms with Gasteiger partial charge in [0.2, 0.25) is 12.4 Å². The fourth-order valence-corrected chi connectivity index (χ4v) is 6.41. The monoisotopic (exact) mass is 618 g/mol. The molecule has 0 fully saturated rings. The van der Waals surface area contributed by atoms with Crippen molar-refractivity contribution in [3.05, 3.63) is 119 Å². The molecule has 7 aromatic rings. The van der Waals surface area contributed by atoms with E-state index in [9.17, 15) is 36.9 Å². The maximum absolute atomic E-state index is 13.6. The molecule has 4 nitrogen and oxygen atoms in total. The summed E-state index contributed by atoms with van der Waals surface area (Å²) in [6, 6.07) is 23.3. The Kier molecular flexibility index (Phi) is 6.43. The largest absolute Gasteiger partial charge is 0.416 e. The number of alkyl halides is 6. The van der Waals surface area contributed by atoms with E-state index in [1.807, 2.05) is 12.4 Å². The first kappa shape index (κ1) is 28.8. The number of hydrogen-bond donors (Lipinski definition) is 0. The van der Waals surface area contributed by atoms with Crippen LogP contribution < -0.4 is 10.7 Å². The van der Waals surface area contributed by atoms with Crippen molar-refractivity contribution in [1.29, 1.82) is 10.5 Å². The molecule has 0 spiro atoms. The van der Waals surface area contributed by atoms with Crippen molar-refractivity contribution in [3.63, 3.8) is 0 Å². The van der Waals surface area contributed by atoms with Crippen LogP contribution in [0, 0.1) is 22.9 Å². The molecule has 0 saturated carbocycles. The normalized spacial score (nSPS) is 13.2. The lowest BCUT2D eigenvalue weighted by atomic mass is 9.87. The third-order valence-corrected chi connectivity index (χ3v) is 8.20. The lowest BCUT2D eigenvalue weighted by Gasteiger charge is -2.16. The highest BCUT2D eigenvalue weighted by Crippen LogP contribution is 2.48. The molecule has 0 saturated heterocycles. The fourth-order valence-electron chi connectivity index (χ4n) is 6.41. The molecule has 0 radical (unpaired) electrons. The molecule has 0 unspecified atom stereocenters. The van der Waals surface area contributed by atoms with Crippen LogP contribution in [0.5, 0.6) is 0 Å². The summed E-state index contributed by atoms with van der Waals surface area (Å²) >= 11 is 0. The quantitative estimate of drug-likeness (QED) is 0.143. The molecule has 7 aromatic carbocycles. The second-order valence-electron chi connectivity index (χ2n) is 10.6. The Morgan fingerprint density at radius 3 is 1.07 bits per heavy atom. The summed E-state index contributed by atoms with van der Waals surface area (Å²) in [6.45, 7) is 0. The third kappa shape index (κ3) is 4.30. The van der Waals surface area contributed by atoms with Gasteiger partial charge >= 0.3 is 12.4 Å². The molecule has 46 heavy (non-hydrogen) atoms. The van der Waals surface area contributed by atoms with Gasteiger partial charge in [-0.15, -0.1) is 0 Å². The molecule has 0 N–H and O–H groups in total. The minimum absolute atomic E-state index is 0.266. The highest BCUT2D eigenvalue weighted by Gasteiger charge is 2.32. The molecule has 0 heterocycles. The number of benzene rings is 5. The van der Waals surface area contributed by atoms with Gasteiger partial charge in [-0.3, -0.25) is 0 Å². The number of nitrogens with zero attached hydrogens (tertiary/aromatic N) is 4. The van der Waals surface area contributed by atoms with Gasteiger partial charge in [-0.25, -0.2) is 0 Å². The number of rotatable bonds is 2. The first-order valence-corrected chi connectivity index (χ1v) is 13.8. The minimum atomic E-state index is -4.59. The predicted molar refractivity (Wildman–Crippen MR) is 162 cm³/mol. The SMILES string of the molecule is N#CN=c1c2ccccc2c2c(-c3ccc(C(F)(F)F)cc3)c3c(=NC#N)c4ccccc4c3c(-c3ccc(C(F)(F)F)cc3)c12. The topological polar surface area (TPSA) is 72.3 Å². The molecule has 0 aliphatic carbocycles. The maximum Gasteiger partial charge on any atom is 0.416 e. The molecular formula is C36H16F6N4. The predicted octanol–water partition coefficient (Wildman–Crippen LogP) is 9.31. The lowest BCUT2D eigenvalue weighted by molar-refractivity contribution is -0.138. The molecule has 0 amide bonds. The molecule has 222 valence electrons. The molecule has 0 aliphatic heterocycles. The molecule has 7 rings (SSSR count). The molecular weight excluding hydrogens is 602 g/mol. The van der Waals surface area contributed by atoms with Gasteiger partial charge in [0.25, 0.3) is 0 Å². The van der Waals surface area contributed by atoms with E-state index in [4.69, 9.17) is 0 Å². The number of hydrogen-bond acceptors (Lipinski definition) is 4. The van der Waals surface area contributed by atoms with Crippen LogP contribution in [-0.4, -0.2) is 0 Å². The van der Waals surface area contributed by atoms with Gasteiger partial charge in [-0.1, -0.05) is 72.8 Å². The second-order valence-corrected chi connectivity index (χ2v) is 10.6. The number of nitriles is 2. The lowest BCUT2D eigenvalue weighted by Crippen LogP contribution is -2.06. The van der Waals surface area contributed by atoms with Crippen LogP contribution in [0.3, 0.4) is 0 Å². The molecule has 0 aromatic heterocycles. The van der Waals surface area contributed by atoms with E-state index >= 15 is 0 Å². The average molecular weight is 619 g/mol. The number of halogens is 6. The summed E-state index contributed by atoms with van der Waals surface area (Å²) in [5.41, 5.74) is -0.0401.